The molecule has 2 aromatic carbocycles. The highest BCUT2D eigenvalue weighted by Crippen LogP contribution is 2.17. The molecule has 3 rings (SSSR count). The predicted octanol–water partition coefficient (Wildman–Crippen LogP) is 3.43. The first-order valence-electron chi connectivity index (χ1n) is 8.17. The van der Waals surface area contributed by atoms with E-state index in [1.807, 2.05) is 61.5 Å². The number of hydrogen-bond donors (Lipinski definition) is 1. The number of carbonyl (C=O) groups is 1. The third kappa shape index (κ3) is 4.26. The summed E-state index contributed by atoms with van der Waals surface area (Å²) in [5.41, 5.74) is 2.71. The van der Waals surface area contributed by atoms with Crippen LogP contribution in [0, 0.1) is 0 Å². The van der Waals surface area contributed by atoms with E-state index >= 15 is 0 Å². The summed E-state index contributed by atoms with van der Waals surface area (Å²) in [6.07, 6.45) is 3.36. The van der Waals surface area contributed by atoms with E-state index in [1.165, 1.54) is 0 Å². The minimum atomic E-state index is -0.136. The van der Waals surface area contributed by atoms with Crippen molar-refractivity contribution in [3.05, 3.63) is 83.7 Å². The number of benzene rings is 2. The summed E-state index contributed by atoms with van der Waals surface area (Å²) < 4.78 is 6.92. The molecule has 25 heavy (non-hydrogen) atoms. The van der Waals surface area contributed by atoms with E-state index in [4.69, 9.17) is 4.74 Å². The monoisotopic (exact) mass is 335 g/mol. The molecule has 0 saturated carbocycles. The highest BCUT2D eigenvalue weighted by molar-refractivity contribution is 5.93. The summed E-state index contributed by atoms with van der Waals surface area (Å²) >= 11 is 0. The maximum Gasteiger partial charge on any atom is 0.254 e. The molecule has 3 aromatic rings. The number of hydrogen-bond acceptors (Lipinski definition) is 3. The van der Waals surface area contributed by atoms with Crippen LogP contribution in [0.2, 0.25) is 0 Å². The summed E-state index contributed by atoms with van der Waals surface area (Å²) in [4.78, 5) is 12.4. The van der Waals surface area contributed by atoms with Gasteiger partial charge in [-0.2, -0.15) is 5.10 Å². The molecule has 0 fully saturated rings. The summed E-state index contributed by atoms with van der Waals surface area (Å²) in [5.74, 6) is 0.659. The first kappa shape index (κ1) is 16.8. The van der Waals surface area contributed by atoms with Crippen LogP contribution >= 0.6 is 0 Å². The van der Waals surface area contributed by atoms with Gasteiger partial charge in [0.25, 0.3) is 5.91 Å². The highest BCUT2D eigenvalue weighted by Gasteiger charge is 2.13. The van der Waals surface area contributed by atoms with Crippen LogP contribution in [-0.2, 0) is 6.54 Å². The first-order valence-corrected chi connectivity index (χ1v) is 8.17. The third-order valence-electron chi connectivity index (χ3n) is 4.05. The molecule has 0 aliphatic rings. The first-order chi connectivity index (χ1) is 12.2. The van der Waals surface area contributed by atoms with E-state index in [9.17, 15) is 4.79 Å². The molecule has 1 amide bonds. The fourth-order valence-electron chi connectivity index (χ4n) is 2.59. The average Bonchev–Trinajstić information content (AvgIpc) is 3.11. The molecular formula is C20H21N3O2. The second-order valence-corrected chi connectivity index (χ2v) is 5.88. The number of aromatic nitrogens is 2. The van der Waals surface area contributed by atoms with Gasteiger partial charge in [0.15, 0.2) is 0 Å². The minimum absolute atomic E-state index is 0.101. The zero-order valence-electron chi connectivity index (χ0n) is 14.3. The predicted molar refractivity (Wildman–Crippen MR) is 96.6 cm³/mol. The van der Waals surface area contributed by atoms with Crippen molar-refractivity contribution in [2.75, 3.05) is 7.11 Å². The Kier molecular flexibility index (Phi) is 5.14. The van der Waals surface area contributed by atoms with E-state index in [0.717, 1.165) is 16.9 Å². The van der Waals surface area contributed by atoms with Crippen molar-refractivity contribution in [2.45, 2.75) is 19.5 Å². The second kappa shape index (κ2) is 7.66. The Labute approximate surface area is 147 Å². The van der Waals surface area contributed by atoms with E-state index in [-0.39, 0.29) is 11.9 Å². The number of carbonyl (C=O) groups excluding carboxylic acids is 1. The average molecular weight is 335 g/mol. The normalized spacial score (nSPS) is 11.8. The van der Waals surface area contributed by atoms with Crippen molar-refractivity contribution in [2.24, 2.45) is 0 Å². The molecule has 128 valence electrons. The van der Waals surface area contributed by atoms with Crippen LogP contribution in [0.5, 0.6) is 5.75 Å². The van der Waals surface area contributed by atoms with Gasteiger partial charge in [0.1, 0.15) is 5.75 Å². The number of amides is 1. The lowest BCUT2D eigenvalue weighted by Gasteiger charge is -2.14. The quantitative estimate of drug-likeness (QED) is 0.751. The van der Waals surface area contributed by atoms with Gasteiger partial charge in [0, 0.05) is 6.20 Å². The Balaban J connectivity index is 1.62. The van der Waals surface area contributed by atoms with Crippen molar-refractivity contribution in [1.82, 2.24) is 15.1 Å². The van der Waals surface area contributed by atoms with Crippen LogP contribution in [-0.4, -0.2) is 22.8 Å². The SMILES string of the molecule is COc1ccc([C@H](C)NC(=O)c2cnn(Cc3ccccc3)c2)cc1. The van der Waals surface area contributed by atoms with Gasteiger partial charge in [-0.25, -0.2) is 0 Å². The van der Waals surface area contributed by atoms with Crippen LogP contribution in [0.15, 0.2) is 67.0 Å². The molecule has 1 N–H and O–H groups in total. The Morgan fingerprint density at radius 2 is 1.88 bits per heavy atom. The summed E-state index contributed by atoms with van der Waals surface area (Å²) in [6, 6.07) is 17.6. The van der Waals surface area contributed by atoms with Gasteiger partial charge >= 0.3 is 0 Å². The lowest BCUT2D eigenvalue weighted by molar-refractivity contribution is 0.0940. The molecule has 1 heterocycles. The zero-order valence-corrected chi connectivity index (χ0v) is 14.3. The second-order valence-electron chi connectivity index (χ2n) is 5.88. The minimum Gasteiger partial charge on any atom is -0.497 e. The fourth-order valence-corrected chi connectivity index (χ4v) is 2.59. The lowest BCUT2D eigenvalue weighted by atomic mass is 10.1. The molecule has 0 bridgehead atoms. The largest absolute Gasteiger partial charge is 0.497 e. The summed E-state index contributed by atoms with van der Waals surface area (Å²) in [6.45, 7) is 2.59. The van der Waals surface area contributed by atoms with Gasteiger partial charge in [-0.05, 0) is 30.2 Å². The van der Waals surface area contributed by atoms with Crippen LogP contribution in [0.3, 0.4) is 0 Å². The number of ether oxygens (including phenoxy) is 1. The van der Waals surface area contributed by atoms with E-state index in [0.29, 0.717) is 12.1 Å². The van der Waals surface area contributed by atoms with Gasteiger partial charge in [0.2, 0.25) is 0 Å². The lowest BCUT2D eigenvalue weighted by Crippen LogP contribution is -2.26. The summed E-state index contributed by atoms with van der Waals surface area (Å²) in [7, 11) is 1.63. The Morgan fingerprint density at radius 3 is 2.56 bits per heavy atom. The van der Waals surface area contributed by atoms with Crippen LogP contribution in [0.25, 0.3) is 0 Å². The molecule has 0 saturated heterocycles. The summed E-state index contributed by atoms with van der Waals surface area (Å²) in [5, 5.41) is 7.27. The third-order valence-corrected chi connectivity index (χ3v) is 4.05. The van der Waals surface area contributed by atoms with Crippen molar-refractivity contribution in [3.63, 3.8) is 0 Å². The van der Waals surface area contributed by atoms with Crippen molar-refractivity contribution in [3.8, 4) is 5.75 Å². The van der Waals surface area contributed by atoms with Gasteiger partial charge in [-0.3, -0.25) is 9.48 Å². The van der Waals surface area contributed by atoms with Crippen LogP contribution in [0.1, 0.15) is 34.5 Å². The maximum atomic E-state index is 12.4. The van der Waals surface area contributed by atoms with Gasteiger partial charge in [0.05, 0.1) is 31.5 Å². The highest BCUT2D eigenvalue weighted by atomic mass is 16.5. The molecule has 1 atom stereocenters. The smallest absolute Gasteiger partial charge is 0.254 e. The Hall–Kier alpha value is -3.08. The van der Waals surface area contributed by atoms with Gasteiger partial charge in [-0.15, -0.1) is 0 Å². The number of nitrogens with one attached hydrogen (secondary N) is 1. The molecule has 5 heteroatoms. The molecule has 0 aliphatic heterocycles. The van der Waals surface area contributed by atoms with Crippen molar-refractivity contribution in [1.29, 1.82) is 0 Å². The van der Waals surface area contributed by atoms with E-state index in [1.54, 1.807) is 24.2 Å². The molecule has 0 spiro atoms. The van der Waals surface area contributed by atoms with Crippen LogP contribution < -0.4 is 10.1 Å². The van der Waals surface area contributed by atoms with Gasteiger partial charge < -0.3 is 10.1 Å². The number of nitrogens with zero attached hydrogens (tertiary/aromatic N) is 2. The Morgan fingerprint density at radius 1 is 1.16 bits per heavy atom. The fraction of sp³-hybridized carbons (Fsp3) is 0.200. The topological polar surface area (TPSA) is 56.1 Å². The molecule has 1 aromatic heterocycles. The molecular weight excluding hydrogens is 314 g/mol. The number of rotatable bonds is 6. The van der Waals surface area contributed by atoms with Crippen molar-refractivity contribution >= 4 is 5.91 Å². The maximum absolute atomic E-state index is 12.4. The van der Waals surface area contributed by atoms with Crippen LogP contribution in [0.4, 0.5) is 0 Å². The molecule has 0 aliphatic carbocycles. The Bertz CT molecular complexity index is 826. The molecule has 0 radical (unpaired) electrons. The number of methoxy groups -OCH3 is 1. The van der Waals surface area contributed by atoms with E-state index < -0.39 is 0 Å². The zero-order chi connectivity index (χ0) is 17.6. The van der Waals surface area contributed by atoms with E-state index in [2.05, 4.69) is 10.4 Å². The molecule has 5 nitrogen and oxygen atoms in total. The molecule has 0 unspecified atom stereocenters. The standard InChI is InChI=1S/C20H21N3O2/c1-15(17-8-10-19(25-2)11-9-17)22-20(24)18-12-21-23(14-18)13-16-6-4-3-5-7-16/h3-12,14-15H,13H2,1-2H3,(H,22,24)/t15-/m0/s1. The van der Waals surface area contributed by atoms with Crippen molar-refractivity contribution < 1.29 is 9.53 Å². The van der Waals surface area contributed by atoms with Gasteiger partial charge in [-0.1, -0.05) is 42.5 Å².